The zero-order valence-electron chi connectivity index (χ0n) is 13.1. The van der Waals surface area contributed by atoms with Crippen molar-refractivity contribution in [3.63, 3.8) is 0 Å². The predicted molar refractivity (Wildman–Crippen MR) is 92.3 cm³/mol. The zero-order valence-corrected chi connectivity index (χ0v) is 15.5. The zero-order chi connectivity index (χ0) is 16.9. The van der Waals surface area contributed by atoms with E-state index >= 15 is 0 Å². The Morgan fingerprint density at radius 1 is 1.35 bits per heavy atom. The van der Waals surface area contributed by atoms with Gasteiger partial charge in [-0.1, -0.05) is 59.2 Å². The van der Waals surface area contributed by atoms with Gasteiger partial charge in [0, 0.05) is 0 Å². The van der Waals surface area contributed by atoms with Crippen LogP contribution in [0.4, 0.5) is 0 Å². The molecule has 0 aliphatic carbocycles. The Labute approximate surface area is 144 Å². The number of allylic oxidation sites excluding steroid dienone is 2. The van der Waals surface area contributed by atoms with Gasteiger partial charge in [0.2, 0.25) is 9.84 Å². The number of para-hydroxylation sites is 1. The van der Waals surface area contributed by atoms with E-state index in [0.29, 0.717) is 12.1 Å². The minimum atomic E-state index is -3.55. The Morgan fingerprint density at radius 3 is 2.70 bits per heavy atom. The molecule has 124 valence electrons. The lowest BCUT2D eigenvalue weighted by Gasteiger charge is -2.08. The molecule has 2 aromatic rings. The molecule has 23 heavy (non-hydrogen) atoms. The first kappa shape index (κ1) is 17.8. The summed E-state index contributed by atoms with van der Waals surface area (Å²) < 4.78 is 27.4. The number of benzene rings is 1. The molecule has 0 saturated heterocycles. The number of nitrogens with zero attached hydrogens (tertiary/aromatic N) is 4. The molecule has 1 heterocycles. The summed E-state index contributed by atoms with van der Waals surface area (Å²) in [6, 6.07) is 8.99. The highest BCUT2D eigenvalue weighted by atomic mass is 79.9. The third-order valence-electron chi connectivity index (χ3n) is 3.36. The fourth-order valence-corrected chi connectivity index (χ4v) is 3.93. The molecule has 2 rings (SSSR count). The van der Waals surface area contributed by atoms with E-state index < -0.39 is 9.84 Å². The summed E-state index contributed by atoms with van der Waals surface area (Å²) in [5.74, 6) is 0.155. The molecule has 0 unspecified atom stereocenters. The van der Waals surface area contributed by atoms with E-state index in [4.69, 9.17) is 0 Å². The first-order chi connectivity index (χ1) is 10.9. The summed E-state index contributed by atoms with van der Waals surface area (Å²) in [4.78, 5) is 0. The number of aromatic nitrogens is 4. The maximum absolute atomic E-state index is 12.6. The second kappa shape index (κ2) is 7.83. The minimum absolute atomic E-state index is 0.00185. The lowest BCUT2D eigenvalue weighted by Crippen LogP contribution is -2.15. The third-order valence-corrected chi connectivity index (χ3v) is 5.77. The van der Waals surface area contributed by atoms with Crippen molar-refractivity contribution in [2.45, 2.75) is 31.8 Å². The van der Waals surface area contributed by atoms with Crippen LogP contribution >= 0.6 is 15.9 Å². The van der Waals surface area contributed by atoms with E-state index in [9.17, 15) is 8.42 Å². The average Bonchev–Trinajstić information content (AvgIpc) is 3.04. The maximum atomic E-state index is 12.6. The van der Waals surface area contributed by atoms with Crippen LogP contribution in [0.25, 0.3) is 5.69 Å². The minimum Gasteiger partial charge on any atom is -0.220 e. The predicted octanol–water partition coefficient (Wildman–Crippen LogP) is 3.15. The largest absolute Gasteiger partial charge is 0.272 e. The Bertz CT molecular complexity index is 772. The van der Waals surface area contributed by atoms with Gasteiger partial charge in [0.15, 0.2) is 0 Å². The molecule has 0 N–H and O–H groups in total. The van der Waals surface area contributed by atoms with Crippen LogP contribution in [0.15, 0.2) is 46.0 Å². The van der Waals surface area contributed by atoms with Crippen LogP contribution in [-0.2, 0) is 9.84 Å². The van der Waals surface area contributed by atoms with Crippen LogP contribution in [-0.4, -0.2) is 34.4 Å². The molecule has 0 aliphatic rings. The van der Waals surface area contributed by atoms with Crippen molar-refractivity contribution in [2.24, 2.45) is 5.92 Å². The van der Waals surface area contributed by atoms with Crippen LogP contribution in [0.5, 0.6) is 0 Å². The standard InChI is InChI=1S/C15H19BrN4O2S/c1-3-13(16)11-12(2)9-10-23(21,22)15-17-18-19-20(15)14-7-5-4-6-8-14/h4-8,11-12H,3,9-10H2,1-2H3/b13-11-/t12-/m1/s1. The second-order valence-electron chi connectivity index (χ2n) is 5.26. The fourth-order valence-electron chi connectivity index (χ4n) is 2.05. The molecule has 0 bridgehead atoms. The van der Waals surface area contributed by atoms with Gasteiger partial charge >= 0.3 is 0 Å². The summed E-state index contributed by atoms with van der Waals surface area (Å²) in [7, 11) is -3.55. The number of halogens is 1. The van der Waals surface area contributed by atoms with Crippen molar-refractivity contribution in [1.29, 1.82) is 0 Å². The Hall–Kier alpha value is -1.54. The summed E-state index contributed by atoms with van der Waals surface area (Å²) >= 11 is 3.45. The van der Waals surface area contributed by atoms with Gasteiger partial charge in [-0.15, -0.1) is 0 Å². The van der Waals surface area contributed by atoms with Crippen molar-refractivity contribution < 1.29 is 8.42 Å². The van der Waals surface area contributed by atoms with Crippen molar-refractivity contribution in [1.82, 2.24) is 20.2 Å². The first-order valence-electron chi connectivity index (χ1n) is 7.36. The number of hydrogen-bond acceptors (Lipinski definition) is 5. The highest BCUT2D eigenvalue weighted by Crippen LogP contribution is 2.19. The lowest BCUT2D eigenvalue weighted by molar-refractivity contribution is 0.570. The molecule has 0 fully saturated rings. The molecular weight excluding hydrogens is 380 g/mol. The monoisotopic (exact) mass is 398 g/mol. The summed E-state index contributed by atoms with van der Waals surface area (Å²) in [6.07, 6.45) is 3.44. The van der Waals surface area contributed by atoms with E-state index in [1.165, 1.54) is 4.68 Å². The molecule has 0 spiro atoms. The molecule has 0 radical (unpaired) electrons. The van der Waals surface area contributed by atoms with Crippen molar-refractivity contribution in [2.75, 3.05) is 5.75 Å². The van der Waals surface area contributed by atoms with Gasteiger partial charge in [-0.2, -0.15) is 4.68 Å². The normalized spacial score (nSPS) is 14.0. The smallest absolute Gasteiger partial charge is 0.220 e. The maximum Gasteiger partial charge on any atom is 0.272 e. The molecule has 0 saturated carbocycles. The van der Waals surface area contributed by atoms with Crippen molar-refractivity contribution in [3.05, 3.63) is 40.9 Å². The van der Waals surface area contributed by atoms with Crippen molar-refractivity contribution in [3.8, 4) is 5.69 Å². The van der Waals surface area contributed by atoms with Gasteiger partial charge in [-0.05, 0) is 45.8 Å². The quantitative estimate of drug-likeness (QED) is 0.715. The van der Waals surface area contributed by atoms with Gasteiger partial charge in [0.25, 0.3) is 5.16 Å². The van der Waals surface area contributed by atoms with Crippen LogP contribution < -0.4 is 0 Å². The van der Waals surface area contributed by atoms with Crippen LogP contribution in [0.3, 0.4) is 0 Å². The average molecular weight is 399 g/mol. The molecule has 0 amide bonds. The van der Waals surface area contributed by atoms with Gasteiger partial charge in [-0.3, -0.25) is 0 Å². The summed E-state index contributed by atoms with van der Waals surface area (Å²) in [6.45, 7) is 4.03. The van der Waals surface area contributed by atoms with Gasteiger partial charge in [-0.25, -0.2) is 8.42 Å². The van der Waals surface area contributed by atoms with E-state index in [0.717, 1.165) is 10.9 Å². The molecule has 1 aromatic carbocycles. The van der Waals surface area contributed by atoms with E-state index in [1.54, 1.807) is 12.1 Å². The number of sulfone groups is 1. The van der Waals surface area contributed by atoms with Crippen LogP contribution in [0.1, 0.15) is 26.7 Å². The lowest BCUT2D eigenvalue weighted by atomic mass is 10.1. The fraction of sp³-hybridized carbons (Fsp3) is 0.400. The highest BCUT2D eigenvalue weighted by molar-refractivity contribution is 9.11. The second-order valence-corrected chi connectivity index (χ2v) is 8.28. The molecular formula is C15H19BrN4O2S. The molecule has 8 heteroatoms. The topological polar surface area (TPSA) is 77.7 Å². The number of hydrogen-bond donors (Lipinski definition) is 0. The molecule has 6 nitrogen and oxygen atoms in total. The van der Waals surface area contributed by atoms with Crippen LogP contribution in [0.2, 0.25) is 0 Å². The van der Waals surface area contributed by atoms with Gasteiger partial charge in [0.05, 0.1) is 11.4 Å². The first-order valence-corrected chi connectivity index (χ1v) is 9.81. The van der Waals surface area contributed by atoms with Crippen LogP contribution in [0, 0.1) is 5.92 Å². The summed E-state index contributed by atoms with van der Waals surface area (Å²) in [5, 5.41) is 10.9. The highest BCUT2D eigenvalue weighted by Gasteiger charge is 2.24. The van der Waals surface area contributed by atoms with E-state index in [2.05, 4.69) is 31.5 Å². The number of tetrazole rings is 1. The van der Waals surface area contributed by atoms with E-state index in [-0.39, 0.29) is 16.8 Å². The van der Waals surface area contributed by atoms with Gasteiger partial charge < -0.3 is 0 Å². The third kappa shape index (κ3) is 4.71. The molecule has 0 aliphatic heterocycles. The Kier molecular flexibility index (Phi) is 6.06. The molecule has 1 atom stereocenters. The SMILES string of the molecule is CC/C(Br)=C/[C@H](C)CCS(=O)(=O)c1nnnn1-c1ccccc1. The Balaban J connectivity index is 2.17. The van der Waals surface area contributed by atoms with Gasteiger partial charge in [0.1, 0.15) is 0 Å². The number of rotatable bonds is 7. The van der Waals surface area contributed by atoms with Crippen molar-refractivity contribution >= 4 is 25.8 Å². The Morgan fingerprint density at radius 2 is 2.04 bits per heavy atom. The molecule has 1 aromatic heterocycles. The summed E-state index contributed by atoms with van der Waals surface area (Å²) in [5.41, 5.74) is 0.623. The van der Waals surface area contributed by atoms with E-state index in [1.807, 2.05) is 38.1 Å².